The summed E-state index contributed by atoms with van der Waals surface area (Å²) in [5.74, 6) is -3.80. The van der Waals surface area contributed by atoms with Gasteiger partial charge in [-0.3, -0.25) is 33.8 Å². The number of amides is 5. The molecular formula is C29H37N7O7. The van der Waals surface area contributed by atoms with Crippen molar-refractivity contribution in [3.63, 3.8) is 0 Å². The Hall–Kier alpha value is -4.62. The standard InChI is InChI=1S/C29H37N7O7/c1-16(2)32-28(41)24(37)20(14-19-8-10-31-25(19)38)33-27(40)23-7-5-11-36(23)29(42)22(13-18-6-4-9-30-15-18)34-26(39)21-12-17(3)43-35-21/h4,6,9,12,15-16,19-20,22-23H,5,7-8,10-11,13-14H2,1-3H3,(H,31,38)(H,32,41)(H,33,40)(H,34,39). The molecule has 2 aromatic heterocycles. The Bertz CT molecular complexity index is 1360. The molecule has 4 atom stereocenters. The van der Waals surface area contributed by atoms with E-state index in [1.807, 2.05) is 0 Å². The first-order valence-electron chi connectivity index (χ1n) is 14.4. The van der Waals surface area contributed by atoms with E-state index in [1.165, 1.54) is 11.0 Å². The molecule has 4 N–H and O–H groups in total. The molecule has 14 heteroatoms. The first kappa shape index (κ1) is 31.3. The lowest BCUT2D eigenvalue weighted by Crippen LogP contribution is -2.57. The zero-order chi connectivity index (χ0) is 31.1. The first-order chi connectivity index (χ1) is 20.5. The SMILES string of the molecule is Cc1cc(C(=O)NC(Cc2cccnc2)C(=O)N2CCCC2C(=O)NC(CC2CCNC2=O)C(=O)C(=O)NC(C)C)no1. The fraction of sp³-hybridized carbons (Fsp3) is 0.517. The molecule has 230 valence electrons. The average molecular weight is 596 g/mol. The van der Waals surface area contributed by atoms with Gasteiger partial charge in [-0.2, -0.15) is 0 Å². The predicted octanol–water partition coefficient (Wildman–Crippen LogP) is -0.185. The van der Waals surface area contributed by atoms with E-state index in [1.54, 1.807) is 45.3 Å². The minimum absolute atomic E-state index is 0.00850. The van der Waals surface area contributed by atoms with Gasteiger partial charge in [-0.05, 0) is 58.1 Å². The Morgan fingerprint density at radius 2 is 1.91 bits per heavy atom. The first-order valence-corrected chi connectivity index (χ1v) is 14.4. The zero-order valence-electron chi connectivity index (χ0n) is 24.4. The van der Waals surface area contributed by atoms with Gasteiger partial charge in [-0.25, -0.2) is 0 Å². The monoisotopic (exact) mass is 595 g/mol. The lowest BCUT2D eigenvalue weighted by atomic mass is 9.95. The lowest BCUT2D eigenvalue weighted by Gasteiger charge is -2.30. The Balaban J connectivity index is 1.52. The maximum absolute atomic E-state index is 13.9. The van der Waals surface area contributed by atoms with E-state index in [0.717, 1.165) is 0 Å². The molecule has 2 aromatic rings. The summed E-state index contributed by atoms with van der Waals surface area (Å²) in [6.07, 6.45) is 4.53. The Morgan fingerprint density at radius 1 is 1.12 bits per heavy atom. The quantitative estimate of drug-likeness (QED) is 0.241. The maximum Gasteiger partial charge on any atom is 0.289 e. The van der Waals surface area contributed by atoms with Crippen LogP contribution in [-0.4, -0.2) is 87.6 Å². The predicted molar refractivity (Wildman–Crippen MR) is 151 cm³/mol. The van der Waals surface area contributed by atoms with Gasteiger partial charge in [-0.15, -0.1) is 0 Å². The molecule has 0 aliphatic carbocycles. The van der Waals surface area contributed by atoms with Crippen molar-refractivity contribution in [1.29, 1.82) is 0 Å². The summed E-state index contributed by atoms with van der Waals surface area (Å²) in [7, 11) is 0. The van der Waals surface area contributed by atoms with E-state index < -0.39 is 53.5 Å². The third kappa shape index (κ3) is 8.02. The highest BCUT2D eigenvalue weighted by Gasteiger charge is 2.41. The fourth-order valence-corrected chi connectivity index (χ4v) is 5.31. The second-order valence-corrected chi connectivity index (χ2v) is 11.2. The third-order valence-electron chi connectivity index (χ3n) is 7.42. The van der Waals surface area contributed by atoms with Crippen LogP contribution < -0.4 is 21.3 Å². The Labute approximate surface area is 248 Å². The van der Waals surface area contributed by atoms with Crippen LogP contribution in [0.5, 0.6) is 0 Å². The molecule has 4 rings (SSSR count). The van der Waals surface area contributed by atoms with Crippen molar-refractivity contribution in [2.45, 2.75) is 77.0 Å². The number of pyridine rings is 1. The number of nitrogens with zero attached hydrogens (tertiary/aromatic N) is 3. The minimum atomic E-state index is -1.25. The van der Waals surface area contributed by atoms with Gasteiger partial charge in [0.1, 0.15) is 17.8 Å². The number of aryl methyl sites for hydroxylation is 1. The molecule has 4 unspecified atom stereocenters. The van der Waals surface area contributed by atoms with Crippen molar-refractivity contribution in [3.05, 3.63) is 47.6 Å². The van der Waals surface area contributed by atoms with Crippen molar-refractivity contribution >= 4 is 35.3 Å². The highest BCUT2D eigenvalue weighted by atomic mass is 16.5. The van der Waals surface area contributed by atoms with Gasteiger partial charge >= 0.3 is 0 Å². The minimum Gasteiger partial charge on any atom is -0.361 e. The molecule has 0 saturated carbocycles. The van der Waals surface area contributed by atoms with Crippen LogP contribution in [0.15, 0.2) is 35.1 Å². The molecule has 14 nitrogen and oxygen atoms in total. The molecule has 0 radical (unpaired) electrons. The summed E-state index contributed by atoms with van der Waals surface area (Å²) < 4.78 is 4.99. The van der Waals surface area contributed by atoms with Gasteiger partial charge in [0.15, 0.2) is 5.69 Å². The van der Waals surface area contributed by atoms with Crippen LogP contribution >= 0.6 is 0 Å². The number of likely N-dealkylation sites (tertiary alicyclic amines) is 1. The van der Waals surface area contributed by atoms with Crippen molar-refractivity contribution in [3.8, 4) is 0 Å². The number of aromatic nitrogens is 2. The van der Waals surface area contributed by atoms with Crippen LogP contribution in [0.1, 0.15) is 61.3 Å². The number of hydrogen-bond acceptors (Lipinski definition) is 9. The normalized spacial score (nSPS) is 19.4. The molecule has 0 aromatic carbocycles. The smallest absolute Gasteiger partial charge is 0.289 e. The van der Waals surface area contributed by atoms with Gasteiger partial charge in [0.25, 0.3) is 11.8 Å². The van der Waals surface area contributed by atoms with Gasteiger partial charge in [0.2, 0.25) is 23.5 Å². The highest BCUT2D eigenvalue weighted by Crippen LogP contribution is 2.22. The van der Waals surface area contributed by atoms with E-state index >= 15 is 0 Å². The number of rotatable bonds is 12. The second-order valence-electron chi connectivity index (χ2n) is 11.2. The Kier molecular flexibility index (Phi) is 10.2. The molecule has 2 aliphatic heterocycles. The molecule has 2 fully saturated rings. The van der Waals surface area contributed by atoms with Crippen LogP contribution in [0.25, 0.3) is 0 Å². The number of carbonyl (C=O) groups is 6. The average Bonchev–Trinajstić information content (AvgIpc) is 3.73. The van der Waals surface area contributed by atoms with Crippen molar-refractivity contribution < 1.29 is 33.3 Å². The number of hydrogen-bond donors (Lipinski definition) is 4. The molecule has 43 heavy (non-hydrogen) atoms. The summed E-state index contributed by atoms with van der Waals surface area (Å²) in [6, 6.07) is 1.37. The van der Waals surface area contributed by atoms with E-state index in [-0.39, 0.29) is 37.0 Å². The third-order valence-corrected chi connectivity index (χ3v) is 7.42. The van der Waals surface area contributed by atoms with E-state index in [4.69, 9.17) is 4.52 Å². The molecule has 0 spiro atoms. The van der Waals surface area contributed by atoms with Crippen LogP contribution in [0.3, 0.4) is 0 Å². The topological polar surface area (TPSA) is 193 Å². The van der Waals surface area contributed by atoms with Crippen molar-refractivity contribution in [1.82, 2.24) is 36.3 Å². The van der Waals surface area contributed by atoms with E-state index in [2.05, 4.69) is 31.4 Å². The van der Waals surface area contributed by atoms with E-state index in [9.17, 15) is 28.8 Å². The van der Waals surface area contributed by atoms with Crippen molar-refractivity contribution in [2.75, 3.05) is 13.1 Å². The number of carbonyl (C=O) groups excluding carboxylic acids is 6. The molecule has 5 amide bonds. The van der Waals surface area contributed by atoms with Crippen LogP contribution in [0, 0.1) is 12.8 Å². The molecule has 2 saturated heterocycles. The van der Waals surface area contributed by atoms with Gasteiger partial charge in [0, 0.05) is 49.9 Å². The van der Waals surface area contributed by atoms with Gasteiger partial charge in [-0.1, -0.05) is 11.2 Å². The Morgan fingerprint density at radius 3 is 2.53 bits per heavy atom. The van der Waals surface area contributed by atoms with Crippen LogP contribution in [0.2, 0.25) is 0 Å². The molecular weight excluding hydrogens is 558 g/mol. The number of nitrogens with one attached hydrogen (secondary N) is 4. The second kappa shape index (κ2) is 14.0. The van der Waals surface area contributed by atoms with Crippen LogP contribution in [0.4, 0.5) is 0 Å². The fourth-order valence-electron chi connectivity index (χ4n) is 5.31. The molecule has 0 bridgehead atoms. The summed E-state index contributed by atoms with van der Waals surface area (Å²) >= 11 is 0. The number of Topliss-reactive ketones (excluding diaryl/α,β-unsaturated/α-hetero) is 1. The largest absolute Gasteiger partial charge is 0.361 e. The molecule has 4 heterocycles. The molecule has 2 aliphatic rings. The van der Waals surface area contributed by atoms with Crippen LogP contribution in [-0.2, 0) is 30.4 Å². The van der Waals surface area contributed by atoms with E-state index in [0.29, 0.717) is 37.1 Å². The highest BCUT2D eigenvalue weighted by molar-refractivity contribution is 6.38. The summed E-state index contributed by atoms with van der Waals surface area (Å²) in [4.78, 5) is 83.8. The summed E-state index contributed by atoms with van der Waals surface area (Å²) in [5, 5.41) is 14.3. The van der Waals surface area contributed by atoms with Gasteiger partial charge in [0.05, 0.1) is 6.04 Å². The number of ketones is 1. The summed E-state index contributed by atoms with van der Waals surface area (Å²) in [6.45, 7) is 5.74. The summed E-state index contributed by atoms with van der Waals surface area (Å²) in [5.41, 5.74) is 0.698. The zero-order valence-corrected chi connectivity index (χ0v) is 24.4. The lowest BCUT2D eigenvalue weighted by molar-refractivity contribution is -0.143. The van der Waals surface area contributed by atoms with Gasteiger partial charge < -0.3 is 30.7 Å². The maximum atomic E-state index is 13.9. The van der Waals surface area contributed by atoms with Crippen molar-refractivity contribution in [2.24, 2.45) is 5.92 Å².